The van der Waals surface area contributed by atoms with Crippen molar-refractivity contribution in [3.63, 3.8) is 0 Å². The van der Waals surface area contributed by atoms with Gasteiger partial charge in [-0.1, -0.05) is 37.2 Å². The van der Waals surface area contributed by atoms with E-state index in [1.807, 2.05) is 33.8 Å². The van der Waals surface area contributed by atoms with E-state index in [9.17, 15) is 4.79 Å². The van der Waals surface area contributed by atoms with Gasteiger partial charge in [0, 0.05) is 12.6 Å². The molecular weight excluding hydrogens is 465 g/mol. The van der Waals surface area contributed by atoms with Gasteiger partial charge < -0.3 is 25.1 Å². The molecule has 1 aromatic rings. The van der Waals surface area contributed by atoms with Gasteiger partial charge in [-0.25, -0.2) is 4.98 Å². The molecule has 0 aromatic carbocycles. The van der Waals surface area contributed by atoms with Crippen molar-refractivity contribution >= 4 is 30.4 Å². The van der Waals surface area contributed by atoms with E-state index in [1.165, 1.54) is 6.08 Å². The molecule has 1 aromatic heterocycles. The Hall–Kier alpha value is -2.55. The molecule has 0 spiro atoms. The summed E-state index contributed by atoms with van der Waals surface area (Å²) >= 11 is 6.59. The normalized spacial score (nSPS) is 24.2. The van der Waals surface area contributed by atoms with Crippen LogP contribution in [0.4, 0.5) is 5.82 Å². The first-order valence-corrected chi connectivity index (χ1v) is 12.2. The molecule has 1 amide bonds. The van der Waals surface area contributed by atoms with Crippen LogP contribution in [0.15, 0.2) is 65.0 Å². The second kappa shape index (κ2) is 11.0. The van der Waals surface area contributed by atoms with Gasteiger partial charge in [0.1, 0.15) is 17.7 Å². The number of rotatable bonds is 9. The smallest absolute Gasteiger partial charge is 0.487 e. The summed E-state index contributed by atoms with van der Waals surface area (Å²) in [6.07, 6.45) is 8.62. The maximum Gasteiger partial charge on any atom is 0.494 e. The molecule has 188 valence electrons. The SMILES string of the molecule is C=C(/C=C(/Cl)C1=C(C)CC(CNC(=O)/C=C/Cc2ccc(N)nc2)O1)B1OC(C)(C)C(C)(CC)O1. The van der Waals surface area contributed by atoms with Gasteiger partial charge in [-0.3, -0.25) is 4.79 Å². The molecule has 3 N–H and O–H groups in total. The van der Waals surface area contributed by atoms with E-state index in [0.29, 0.717) is 41.5 Å². The number of allylic oxidation sites excluding steroid dienone is 4. The zero-order chi connectivity index (χ0) is 25.8. The van der Waals surface area contributed by atoms with Gasteiger partial charge in [-0.05, 0) is 75.4 Å². The van der Waals surface area contributed by atoms with Crippen LogP contribution in [-0.4, -0.2) is 41.9 Å². The molecule has 35 heavy (non-hydrogen) atoms. The number of anilines is 1. The Morgan fingerprint density at radius 2 is 2.11 bits per heavy atom. The average molecular weight is 500 g/mol. The number of nitrogens with zero attached hydrogens (tertiary/aromatic N) is 1. The Bertz CT molecular complexity index is 1050. The van der Waals surface area contributed by atoms with E-state index in [2.05, 4.69) is 23.8 Å². The number of amides is 1. The molecule has 7 nitrogen and oxygen atoms in total. The largest absolute Gasteiger partial charge is 0.494 e. The molecule has 9 heteroatoms. The first-order chi connectivity index (χ1) is 16.4. The van der Waals surface area contributed by atoms with Crippen LogP contribution in [0.2, 0.25) is 0 Å². The van der Waals surface area contributed by atoms with Crippen LogP contribution < -0.4 is 11.1 Å². The summed E-state index contributed by atoms with van der Waals surface area (Å²) in [4.78, 5) is 16.2. The number of hydrogen-bond acceptors (Lipinski definition) is 6. The Labute approximate surface area is 213 Å². The predicted molar refractivity (Wildman–Crippen MR) is 140 cm³/mol. The number of carbonyl (C=O) groups excluding carboxylic acids is 1. The Morgan fingerprint density at radius 1 is 1.37 bits per heavy atom. The molecular formula is C26H35BClN3O4. The second-order valence-electron chi connectivity index (χ2n) is 9.73. The monoisotopic (exact) mass is 499 g/mol. The quantitative estimate of drug-likeness (QED) is 0.292. The van der Waals surface area contributed by atoms with Crippen molar-refractivity contribution in [2.75, 3.05) is 12.3 Å². The van der Waals surface area contributed by atoms with Gasteiger partial charge in [-0.15, -0.1) is 0 Å². The zero-order valence-corrected chi connectivity index (χ0v) is 21.9. The number of ether oxygens (including phenoxy) is 1. The summed E-state index contributed by atoms with van der Waals surface area (Å²) in [6, 6.07) is 3.62. The molecule has 2 unspecified atom stereocenters. The maximum atomic E-state index is 12.2. The van der Waals surface area contributed by atoms with E-state index in [1.54, 1.807) is 24.4 Å². The summed E-state index contributed by atoms with van der Waals surface area (Å²) in [6.45, 7) is 14.6. The number of nitrogens with one attached hydrogen (secondary N) is 1. The lowest BCUT2D eigenvalue weighted by atomic mass is 9.79. The van der Waals surface area contributed by atoms with E-state index in [0.717, 1.165) is 17.6 Å². The molecule has 3 rings (SSSR count). The molecule has 1 saturated heterocycles. The van der Waals surface area contributed by atoms with Gasteiger partial charge >= 0.3 is 7.12 Å². The summed E-state index contributed by atoms with van der Waals surface area (Å²) in [7, 11) is -0.572. The minimum absolute atomic E-state index is 0.185. The summed E-state index contributed by atoms with van der Waals surface area (Å²) in [5, 5.41) is 3.32. The van der Waals surface area contributed by atoms with Crippen LogP contribution in [-0.2, 0) is 25.3 Å². The third kappa shape index (κ3) is 6.57. The Morgan fingerprint density at radius 3 is 2.74 bits per heavy atom. The predicted octanol–water partition coefficient (Wildman–Crippen LogP) is 4.64. The van der Waals surface area contributed by atoms with Crippen molar-refractivity contribution in [2.45, 2.75) is 71.2 Å². The first-order valence-electron chi connectivity index (χ1n) is 11.9. The first kappa shape index (κ1) is 27.0. The summed E-state index contributed by atoms with van der Waals surface area (Å²) in [5.74, 6) is 0.891. The number of carbonyl (C=O) groups is 1. The lowest BCUT2D eigenvalue weighted by Crippen LogP contribution is -2.44. The van der Waals surface area contributed by atoms with E-state index in [-0.39, 0.29) is 12.0 Å². The number of pyridine rings is 1. The van der Waals surface area contributed by atoms with Crippen molar-refractivity contribution in [2.24, 2.45) is 0 Å². The molecule has 0 bridgehead atoms. The van der Waals surface area contributed by atoms with Crippen LogP contribution in [0, 0.1) is 0 Å². The number of nitrogen functional groups attached to an aromatic ring is 1. The van der Waals surface area contributed by atoms with Crippen LogP contribution >= 0.6 is 11.6 Å². The number of halogens is 1. The molecule has 2 aliphatic rings. The average Bonchev–Trinajstić information content (AvgIpc) is 3.30. The number of nitrogens with two attached hydrogens (primary N) is 1. The third-order valence-corrected chi connectivity index (χ3v) is 7.01. The fourth-order valence-corrected chi connectivity index (χ4v) is 4.35. The van der Waals surface area contributed by atoms with E-state index in [4.69, 9.17) is 31.4 Å². The fourth-order valence-electron chi connectivity index (χ4n) is 4.00. The zero-order valence-electron chi connectivity index (χ0n) is 21.2. The highest BCUT2D eigenvalue weighted by molar-refractivity contribution is 6.55. The second-order valence-corrected chi connectivity index (χ2v) is 10.1. The van der Waals surface area contributed by atoms with Crippen molar-refractivity contribution < 1.29 is 18.8 Å². The number of hydrogen-bond donors (Lipinski definition) is 2. The minimum atomic E-state index is -0.572. The van der Waals surface area contributed by atoms with Crippen LogP contribution in [0.5, 0.6) is 0 Å². The summed E-state index contributed by atoms with van der Waals surface area (Å²) in [5.41, 5.74) is 7.34. The van der Waals surface area contributed by atoms with Gasteiger partial charge in [-0.2, -0.15) is 0 Å². The highest BCUT2D eigenvalue weighted by atomic mass is 35.5. The lowest BCUT2D eigenvalue weighted by Gasteiger charge is -2.35. The van der Waals surface area contributed by atoms with Crippen molar-refractivity contribution in [1.82, 2.24) is 10.3 Å². The minimum Gasteiger partial charge on any atom is -0.487 e. The summed E-state index contributed by atoms with van der Waals surface area (Å²) < 4.78 is 18.3. The van der Waals surface area contributed by atoms with E-state index < -0.39 is 18.3 Å². The van der Waals surface area contributed by atoms with Crippen LogP contribution in [0.25, 0.3) is 0 Å². The van der Waals surface area contributed by atoms with Crippen LogP contribution in [0.1, 0.15) is 53.0 Å². The standard InChI is InChI=1S/C26H35BClN3O4/c1-7-26(6)25(4,5)34-27(35-26)18(3)14-21(28)24-17(2)13-20(33-24)16-31-23(32)10-8-9-19-11-12-22(29)30-15-19/h8,10-12,14-15,20H,3,7,9,13,16H2,1-2,4-6H3,(H2,29,30)(H,31,32)/b10-8+,21-14+. The topological polar surface area (TPSA) is 95.7 Å². The van der Waals surface area contributed by atoms with Crippen molar-refractivity contribution in [1.29, 1.82) is 0 Å². The van der Waals surface area contributed by atoms with Crippen molar-refractivity contribution in [3.8, 4) is 0 Å². The lowest BCUT2D eigenvalue weighted by molar-refractivity contribution is -0.116. The molecule has 0 saturated carbocycles. The Balaban J connectivity index is 1.49. The van der Waals surface area contributed by atoms with Gasteiger partial charge in [0.05, 0.1) is 22.8 Å². The van der Waals surface area contributed by atoms with E-state index >= 15 is 0 Å². The van der Waals surface area contributed by atoms with Gasteiger partial charge in [0.2, 0.25) is 5.91 Å². The maximum absolute atomic E-state index is 12.2. The van der Waals surface area contributed by atoms with Gasteiger partial charge in [0.15, 0.2) is 0 Å². The number of aromatic nitrogens is 1. The molecule has 0 radical (unpaired) electrons. The molecule has 2 aliphatic heterocycles. The third-order valence-electron chi connectivity index (χ3n) is 6.73. The van der Waals surface area contributed by atoms with Gasteiger partial charge in [0.25, 0.3) is 0 Å². The van der Waals surface area contributed by atoms with Crippen molar-refractivity contribution in [3.05, 3.63) is 70.5 Å². The fraction of sp³-hybridized carbons (Fsp3) is 0.462. The molecule has 0 aliphatic carbocycles. The molecule has 1 fully saturated rings. The molecule has 2 atom stereocenters. The highest BCUT2D eigenvalue weighted by Crippen LogP contribution is 2.41. The molecule has 3 heterocycles. The van der Waals surface area contributed by atoms with Crippen LogP contribution in [0.3, 0.4) is 0 Å². The Kier molecular flexibility index (Phi) is 8.52. The highest BCUT2D eigenvalue weighted by Gasteiger charge is 2.53.